The molecule has 0 aliphatic carbocycles. The fourth-order valence-corrected chi connectivity index (χ4v) is 7.70. The maximum atomic E-state index is 5.37. The zero-order valence-electron chi connectivity index (χ0n) is 33.7. The van der Waals surface area contributed by atoms with Crippen LogP contribution in [-0.4, -0.2) is 24.0 Å². The second-order valence-electron chi connectivity index (χ2n) is 13.9. The Balaban J connectivity index is 0.00000238. The molecule has 0 unspecified atom stereocenters. The summed E-state index contributed by atoms with van der Waals surface area (Å²) in [6.07, 6.45) is 2.02. The van der Waals surface area contributed by atoms with Gasteiger partial charge in [0.15, 0.2) is 0 Å². The van der Waals surface area contributed by atoms with Gasteiger partial charge in [-0.2, -0.15) is 0 Å². The Hall–Kier alpha value is -7.56. The molecule has 9 aromatic rings. The third kappa shape index (κ3) is 7.89. The van der Waals surface area contributed by atoms with Crippen LogP contribution >= 0.6 is 0 Å². The molecular formula is C55H46N4. The number of aliphatic imine (C=N–C) groups is 2. The Morgan fingerprint density at radius 3 is 1.73 bits per heavy atom. The molecule has 0 aliphatic rings. The van der Waals surface area contributed by atoms with Crippen molar-refractivity contribution in [1.82, 2.24) is 4.57 Å². The number of fused-ring (bicyclic) bond motifs is 3. The second-order valence-corrected chi connectivity index (χ2v) is 13.9. The van der Waals surface area contributed by atoms with Crippen molar-refractivity contribution in [2.45, 2.75) is 13.8 Å². The minimum absolute atomic E-state index is 0.757. The van der Waals surface area contributed by atoms with Crippen LogP contribution in [0.5, 0.6) is 0 Å². The van der Waals surface area contributed by atoms with Crippen LogP contribution in [0.1, 0.15) is 25.0 Å². The van der Waals surface area contributed by atoms with Crippen molar-refractivity contribution >= 4 is 51.3 Å². The largest absolute Gasteiger partial charge is 0.388 e. The van der Waals surface area contributed by atoms with Gasteiger partial charge in [0, 0.05) is 51.4 Å². The van der Waals surface area contributed by atoms with Crippen molar-refractivity contribution < 1.29 is 0 Å². The standard InChI is InChI=1S/C53H40N4.C2H6/c1-54-48-24-14-12-22-44(48)47-34-41(31-33-49(47)56-51(40-18-8-4-9-19-40)36-50(55-2)39-16-6-3-7-17-39)37-26-28-38(29-27-37)42-30-32-46-45-23-13-15-25-52(45)57(53(46)35-42)43-20-10-5-11-21-43;1-2/h3-36,54H,2H2,1H3;1-2H3/b50-36-,56-51?;. The van der Waals surface area contributed by atoms with Crippen molar-refractivity contribution in [1.29, 1.82) is 0 Å². The van der Waals surface area contributed by atoms with Crippen LogP contribution in [0.25, 0.3) is 66.6 Å². The monoisotopic (exact) mass is 762 g/mol. The number of aromatic nitrogens is 1. The maximum absolute atomic E-state index is 5.37. The molecule has 0 bridgehead atoms. The van der Waals surface area contributed by atoms with E-state index in [1.165, 1.54) is 27.4 Å². The van der Waals surface area contributed by atoms with E-state index in [-0.39, 0.29) is 0 Å². The molecule has 286 valence electrons. The molecule has 1 heterocycles. The number of nitrogens with one attached hydrogen (secondary N) is 1. The normalized spacial score (nSPS) is 11.6. The van der Waals surface area contributed by atoms with Gasteiger partial charge in [0.25, 0.3) is 0 Å². The van der Waals surface area contributed by atoms with E-state index >= 15 is 0 Å². The molecule has 9 rings (SSSR count). The highest BCUT2D eigenvalue weighted by Crippen LogP contribution is 2.40. The molecule has 4 nitrogen and oxygen atoms in total. The van der Waals surface area contributed by atoms with Gasteiger partial charge in [-0.1, -0.05) is 172 Å². The summed E-state index contributed by atoms with van der Waals surface area (Å²) >= 11 is 0. The molecule has 0 aliphatic heterocycles. The van der Waals surface area contributed by atoms with E-state index in [1.54, 1.807) is 0 Å². The predicted molar refractivity (Wildman–Crippen MR) is 255 cm³/mol. The molecule has 1 aromatic heterocycles. The quantitative estimate of drug-likeness (QED) is 0.139. The number of anilines is 1. The highest BCUT2D eigenvalue weighted by atomic mass is 15.0. The Bertz CT molecular complexity index is 2920. The first-order valence-corrected chi connectivity index (χ1v) is 20.2. The second kappa shape index (κ2) is 17.7. The zero-order chi connectivity index (χ0) is 40.6. The van der Waals surface area contributed by atoms with Crippen LogP contribution in [0.15, 0.2) is 216 Å². The highest BCUT2D eigenvalue weighted by molar-refractivity contribution is 6.14. The van der Waals surface area contributed by atoms with E-state index in [0.717, 1.165) is 67.4 Å². The summed E-state index contributed by atoms with van der Waals surface area (Å²) in [5.41, 5.74) is 15.6. The molecule has 0 spiro atoms. The van der Waals surface area contributed by atoms with Crippen LogP contribution in [0.3, 0.4) is 0 Å². The minimum Gasteiger partial charge on any atom is -0.388 e. The lowest BCUT2D eigenvalue weighted by atomic mass is 9.95. The van der Waals surface area contributed by atoms with Gasteiger partial charge in [0.2, 0.25) is 0 Å². The van der Waals surface area contributed by atoms with Crippen molar-refractivity contribution in [3.05, 3.63) is 217 Å². The molecule has 0 saturated heterocycles. The van der Waals surface area contributed by atoms with E-state index in [1.807, 2.05) is 75.5 Å². The van der Waals surface area contributed by atoms with E-state index in [2.05, 4.69) is 173 Å². The first-order chi connectivity index (χ1) is 29.2. The SMILES string of the molecule is C=N/C(=C\C(=Nc1ccc(-c2ccc(-c3ccc4c5ccccc5n(-c5ccccc5)c4c3)cc2)cc1-c1ccccc1NC)c1ccccc1)c1ccccc1.CC. The number of hydrogen-bond acceptors (Lipinski definition) is 3. The Morgan fingerprint density at radius 1 is 0.508 bits per heavy atom. The number of benzene rings is 8. The maximum Gasteiger partial charge on any atom is 0.0731 e. The van der Waals surface area contributed by atoms with Crippen molar-refractivity contribution in [3.63, 3.8) is 0 Å². The van der Waals surface area contributed by atoms with Crippen LogP contribution in [0.2, 0.25) is 0 Å². The summed E-state index contributed by atoms with van der Waals surface area (Å²) in [6, 6.07) is 70.3. The van der Waals surface area contributed by atoms with Crippen molar-refractivity contribution in [3.8, 4) is 39.1 Å². The highest BCUT2D eigenvalue weighted by Gasteiger charge is 2.15. The van der Waals surface area contributed by atoms with Crippen LogP contribution in [0.4, 0.5) is 11.4 Å². The van der Waals surface area contributed by atoms with Gasteiger partial charge in [-0.15, -0.1) is 0 Å². The van der Waals surface area contributed by atoms with Gasteiger partial charge < -0.3 is 9.88 Å². The molecule has 0 amide bonds. The molecule has 1 N–H and O–H groups in total. The number of nitrogens with zero attached hydrogens (tertiary/aromatic N) is 3. The van der Waals surface area contributed by atoms with Crippen molar-refractivity contribution in [2.75, 3.05) is 12.4 Å². The van der Waals surface area contributed by atoms with E-state index < -0.39 is 0 Å². The molecule has 0 radical (unpaired) electrons. The first kappa shape index (κ1) is 38.3. The van der Waals surface area contributed by atoms with Gasteiger partial charge in [-0.3, -0.25) is 4.99 Å². The van der Waals surface area contributed by atoms with Gasteiger partial charge >= 0.3 is 0 Å². The number of allylic oxidation sites excluding steroid dienone is 1. The van der Waals surface area contributed by atoms with Crippen LogP contribution in [-0.2, 0) is 0 Å². The fraction of sp³-hybridized carbons (Fsp3) is 0.0545. The summed E-state index contributed by atoms with van der Waals surface area (Å²) in [7, 11) is 1.96. The van der Waals surface area contributed by atoms with E-state index in [4.69, 9.17) is 4.99 Å². The smallest absolute Gasteiger partial charge is 0.0731 e. The summed E-state index contributed by atoms with van der Waals surface area (Å²) < 4.78 is 2.37. The summed E-state index contributed by atoms with van der Waals surface area (Å²) in [5.74, 6) is 0. The summed E-state index contributed by atoms with van der Waals surface area (Å²) in [6.45, 7) is 7.91. The molecule has 0 fully saturated rings. The Kier molecular flexibility index (Phi) is 11.5. The molecule has 4 heteroatoms. The van der Waals surface area contributed by atoms with Gasteiger partial charge in [-0.05, 0) is 77.5 Å². The zero-order valence-corrected chi connectivity index (χ0v) is 33.7. The fourth-order valence-electron chi connectivity index (χ4n) is 7.70. The average molecular weight is 763 g/mol. The average Bonchev–Trinajstić information content (AvgIpc) is 3.65. The third-order valence-corrected chi connectivity index (χ3v) is 10.5. The summed E-state index contributed by atoms with van der Waals surface area (Å²) in [4.78, 5) is 9.79. The van der Waals surface area contributed by atoms with Crippen LogP contribution < -0.4 is 5.32 Å². The number of hydrogen-bond donors (Lipinski definition) is 1. The topological polar surface area (TPSA) is 41.7 Å². The lowest BCUT2D eigenvalue weighted by molar-refractivity contribution is 1.18. The Morgan fingerprint density at radius 2 is 1.05 bits per heavy atom. The van der Waals surface area contributed by atoms with E-state index in [9.17, 15) is 0 Å². The van der Waals surface area contributed by atoms with Crippen LogP contribution in [0, 0.1) is 0 Å². The molecule has 59 heavy (non-hydrogen) atoms. The van der Waals surface area contributed by atoms with Gasteiger partial charge in [0.1, 0.15) is 0 Å². The predicted octanol–water partition coefficient (Wildman–Crippen LogP) is 14.7. The summed E-state index contributed by atoms with van der Waals surface area (Å²) in [5, 5.41) is 5.90. The molecular weight excluding hydrogens is 717 g/mol. The van der Waals surface area contributed by atoms with E-state index in [0.29, 0.717) is 0 Å². The van der Waals surface area contributed by atoms with Crippen molar-refractivity contribution in [2.24, 2.45) is 9.98 Å². The van der Waals surface area contributed by atoms with Gasteiger partial charge in [0.05, 0.1) is 28.1 Å². The minimum atomic E-state index is 0.757. The lowest BCUT2D eigenvalue weighted by Crippen LogP contribution is -1.99. The molecule has 8 aromatic carbocycles. The number of para-hydroxylation sites is 3. The van der Waals surface area contributed by atoms with Gasteiger partial charge in [-0.25, -0.2) is 4.99 Å². The Labute approximate surface area is 347 Å². The molecule has 0 saturated carbocycles. The first-order valence-electron chi connectivity index (χ1n) is 20.2. The number of rotatable bonds is 10. The third-order valence-electron chi connectivity index (χ3n) is 10.5. The molecule has 0 atom stereocenters. The lowest BCUT2D eigenvalue weighted by Gasteiger charge is -2.15.